The van der Waals surface area contributed by atoms with Crippen molar-refractivity contribution in [3.8, 4) is 23.0 Å². The fraction of sp³-hybridized carbons (Fsp3) is 0.273. The van der Waals surface area contributed by atoms with Gasteiger partial charge in [0.1, 0.15) is 6.61 Å². The summed E-state index contributed by atoms with van der Waals surface area (Å²) in [6, 6.07) is 14.7. The lowest BCUT2D eigenvalue weighted by Crippen LogP contribution is -2.45. The molecule has 1 atom stereocenters. The van der Waals surface area contributed by atoms with Crippen LogP contribution < -0.4 is 35.0 Å². The zero-order valence-corrected chi connectivity index (χ0v) is 28.5. The first-order valence-corrected chi connectivity index (χ1v) is 15.7. The Morgan fingerprint density at radius 3 is 2.47 bits per heavy atom. The molecule has 1 aliphatic heterocycles. The summed E-state index contributed by atoms with van der Waals surface area (Å²) in [6.45, 7) is 5.65. The highest BCUT2D eigenvalue weighted by Crippen LogP contribution is 2.37. The zero-order valence-electron chi connectivity index (χ0n) is 26.1. The van der Waals surface area contributed by atoms with Gasteiger partial charge in [-0.2, -0.15) is 5.10 Å². The molecule has 0 bridgehead atoms. The summed E-state index contributed by atoms with van der Waals surface area (Å²) in [4.78, 5) is 37.3. The third-order valence-corrected chi connectivity index (χ3v) is 7.48. The van der Waals surface area contributed by atoms with Crippen LogP contribution >= 0.6 is 27.5 Å². The monoisotopic (exact) mass is 728 g/mol. The number of urea groups is 1. The molecule has 12 nitrogen and oxygen atoms in total. The topological polar surface area (TPSA) is 146 Å². The Morgan fingerprint density at radius 1 is 1.00 bits per heavy atom. The van der Waals surface area contributed by atoms with E-state index in [1.807, 2.05) is 31.2 Å². The molecule has 0 fully saturated rings. The van der Waals surface area contributed by atoms with Crippen LogP contribution in [0.25, 0.3) is 0 Å². The predicted molar refractivity (Wildman–Crippen MR) is 179 cm³/mol. The van der Waals surface area contributed by atoms with Gasteiger partial charge in [-0.25, -0.2) is 15.0 Å². The number of ether oxygens (including phenoxy) is 5. The molecular weight excluding hydrogens is 696 g/mol. The van der Waals surface area contributed by atoms with Crippen LogP contribution in [0.15, 0.2) is 75.4 Å². The molecule has 0 saturated carbocycles. The van der Waals surface area contributed by atoms with Crippen LogP contribution in [-0.2, 0) is 20.9 Å². The number of esters is 1. The van der Waals surface area contributed by atoms with Crippen LogP contribution in [0.1, 0.15) is 43.5 Å². The average Bonchev–Trinajstić information content (AvgIpc) is 3.04. The van der Waals surface area contributed by atoms with Crippen molar-refractivity contribution >= 4 is 51.7 Å². The number of amides is 3. The van der Waals surface area contributed by atoms with E-state index in [-0.39, 0.29) is 30.3 Å². The van der Waals surface area contributed by atoms with Crippen molar-refractivity contribution in [3.63, 3.8) is 0 Å². The highest BCUT2D eigenvalue weighted by atomic mass is 79.9. The average molecular weight is 730 g/mol. The number of carbonyl (C=O) groups excluding carboxylic acids is 3. The number of hydrogen-bond acceptors (Lipinski definition) is 9. The normalized spacial score (nSPS) is 14.3. The Labute approximate surface area is 285 Å². The summed E-state index contributed by atoms with van der Waals surface area (Å²) in [5.74, 6) is 0.293. The lowest BCUT2D eigenvalue weighted by molar-refractivity contribution is -0.139. The van der Waals surface area contributed by atoms with E-state index >= 15 is 0 Å². The number of halogens is 2. The molecule has 3 amide bonds. The molecule has 1 aliphatic rings. The predicted octanol–water partition coefficient (Wildman–Crippen LogP) is 5.81. The van der Waals surface area contributed by atoms with Gasteiger partial charge in [0.15, 0.2) is 29.6 Å². The minimum atomic E-state index is -0.785. The van der Waals surface area contributed by atoms with E-state index < -0.39 is 23.9 Å². The lowest BCUT2D eigenvalue weighted by atomic mass is 9.95. The van der Waals surface area contributed by atoms with Crippen LogP contribution in [0.5, 0.6) is 23.0 Å². The largest absolute Gasteiger partial charge is 0.493 e. The molecule has 47 heavy (non-hydrogen) atoms. The molecule has 0 spiro atoms. The van der Waals surface area contributed by atoms with E-state index in [0.717, 1.165) is 10.0 Å². The first-order chi connectivity index (χ1) is 22.6. The maximum atomic E-state index is 12.6. The van der Waals surface area contributed by atoms with Crippen molar-refractivity contribution in [3.05, 3.63) is 92.1 Å². The number of methoxy groups -OCH3 is 1. The summed E-state index contributed by atoms with van der Waals surface area (Å²) >= 11 is 9.94. The smallest absolute Gasteiger partial charge is 0.338 e. The van der Waals surface area contributed by atoms with Crippen molar-refractivity contribution in [1.29, 1.82) is 0 Å². The van der Waals surface area contributed by atoms with E-state index in [4.69, 9.17) is 35.3 Å². The van der Waals surface area contributed by atoms with Gasteiger partial charge in [0, 0.05) is 10.2 Å². The van der Waals surface area contributed by atoms with Crippen LogP contribution in [0, 0.1) is 0 Å². The molecule has 0 saturated heterocycles. The van der Waals surface area contributed by atoms with E-state index in [2.05, 4.69) is 37.1 Å². The van der Waals surface area contributed by atoms with Crippen LogP contribution in [0.3, 0.4) is 0 Å². The summed E-state index contributed by atoms with van der Waals surface area (Å²) in [7, 11) is 1.43. The first kappa shape index (κ1) is 35.1. The quantitative estimate of drug-likeness (QED) is 0.107. The number of hydrogen-bond donors (Lipinski definition) is 3. The maximum absolute atomic E-state index is 12.6. The lowest BCUT2D eigenvalue weighted by Gasteiger charge is -2.28. The van der Waals surface area contributed by atoms with Crippen molar-refractivity contribution in [2.75, 3.05) is 26.9 Å². The second kappa shape index (κ2) is 16.7. The number of nitrogens with zero attached hydrogens (tertiary/aromatic N) is 1. The second-order valence-electron chi connectivity index (χ2n) is 9.96. The molecule has 3 aromatic rings. The van der Waals surface area contributed by atoms with Gasteiger partial charge >= 0.3 is 12.0 Å². The summed E-state index contributed by atoms with van der Waals surface area (Å²) in [5, 5.41) is 9.66. The fourth-order valence-corrected chi connectivity index (χ4v) is 5.10. The number of rotatable bonds is 14. The SMILES string of the molecule is CCOC(=O)C1=C(C)NC(=O)N[C@@H]1c1ccc(OCC(=O)N/N=C\c2cc(Cl)c(OCc3ccc(Br)cc3)c(OCC)c2)c(OC)c1. The molecule has 3 N–H and O–H groups in total. The number of hydrazone groups is 1. The second-order valence-corrected chi connectivity index (χ2v) is 11.3. The summed E-state index contributed by atoms with van der Waals surface area (Å²) < 4.78 is 29.0. The third kappa shape index (κ3) is 9.39. The van der Waals surface area contributed by atoms with Crippen molar-refractivity contribution in [2.24, 2.45) is 5.10 Å². The van der Waals surface area contributed by atoms with E-state index in [1.165, 1.54) is 13.3 Å². The number of allylic oxidation sites excluding steroid dienone is 1. The number of benzene rings is 3. The standard InChI is InChI=1S/C33H34BrClN4O8/c1-5-44-27-14-21(13-24(35)31(27)47-17-20-7-10-23(34)11-8-20)16-36-39-28(40)18-46-25-12-9-22(15-26(25)43-4)30-29(32(41)45-6-2)19(3)37-33(42)38-30/h7-16,30H,5-6,17-18H2,1-4H3,(H,39,40)(H2,37,38,42)/b36-16-/t30-/m1/s1. The molecular formula is C33H34BrClN4O8. The third-order valence-electron chi connectivity index (χ3n) is 6.68. The van der Waals surface area contributed by atoms with Crippen molar-refractivity contribution in [2.45, 2.75) is 33.4 Å². The van der Waals surface area contributed by atoms with Gasteiger partial charge < -0.3 is 34.3 Å². The number of carbonyl (C=O) groups is 3. The molecule has 1 heterocycles. The Kier molecular flexibility index (Phi) is 12.5. The summed E-state index contributed by atoms with van der Waals surface area (Å²) in [6.07, 6.45) is 1.42. The number of nitrogens with one attached hydrogen (secondary N) is 3. The van der Waals surface area contributed by atoms with Gasteiger partial charge in [0.05, 0.1) is 43.2 Å². The molecule has 3 aromatic carbocycles. The highest BCUT2D eigenvalue weighted by Gasteiger charge is 2.32. The minimum absolute atomic E-state index is 0.176. The van der Waals surface area contributed by atoms with Crippen LogP contribution in [0.4, 0.5) is 4.79 Å². The molecule has 0 unspecified atom stereocenters. The van der Waals surface area contributed by atoms with E-state index in [0.29, 0.717) is 46.6 Å². The minimum Gasteiger partial charge on any atom is -0.493 e. The van der Waals surface area contributed by atoms with Crippen LogP contribution in [-0.4, -0.2) is 51.1 Å². The van der Waals surface area contributed by atoms with Crippen molar-refractivity contribution in [1.82, 2.24) is 16.1 Å². The van der Waals surface area contributed by atoms with Crippen LogP contribution in [0.2, 0.25) is 5.02 Å². The van der Waals surface area contributed by atoms with Crippen molar-refractivity contribution < 1.29 is 38.1 Å². The Bertz CT molecular complexity index is 1680. The molecule has 248 valence electrons. The first-order valence-electron chi connectivity index (χ1n) is 14.5. The van der Waals surface area contributed by atoms with Gasteiger partial charge in [-0.1, -0.05) is 45.7 Å². The summed E-state index contributed by atoms with van der Waals surface area (Å²) in [5.41, 5.74) is 5.14. The van der Waals surface area contributed by atoms with Gasteiger partial charge in [0.2, 0.25) is 0 Å². The maximum Gasteiger partial charge on any atom is 0.338 e. The molecule has 4 rings (SSSR count). The van der Waals surface area contributed by atoms with Gasteiger partial charge in [-0.15, -0.1) is 0 Å². The molecule has 0 aliphatic carbocycles. The molecule has 14 heteroatoms. The Morgan fingerprint density at radius 2 is 1.77 bits per heavy atom. The molecule has 0 radical (unpaired) electrons. The van der Waals surface area contributed by atoms with Gasteiger partial charge in [-0.3, -0.25) is 4.79 Å². The Balaban J connectivity index is 1.38. The van der Waals surface area contributed by atoms with E-state index in [9.17, 15) is 14.4 Å². The molecule has 0 aromatic heterocycles. The Hall–Kier alpha value is -4.75. The van der Waals surface area contributed by atoms with Gasteiger partial charge in [0.25, 0.3) is 5.91 Å². The van der Waals surface area contributed by atoms with E-state index in [1.54, 1.807) is 44.2 Å². The van der Waals surface area contributed by atoms with Gasteiger partial charge in [-0.05, 0) is 73.9 Å². The fourth-order valence-electron chi connectivity index (χ4n) is 4.56. The zero-order chi connectivity index (χ0) is 33.9. The highest BCUT2D eigenvalue weighted by molar-refractivity contribution is 9.10.